The Morgan fingerprint density at radius 3 is 2.71 bits per heavy atom. The van der Waals surface area contributed by atoms with Crippen molar-refractivity contribution in [3.8, 4) is 0 Å². The third kappa shape index (κ3) is 4.21. The lowest BCUT2D eigenvalue weighted by molar-refractivity contribution is -0.137. The molecule has 2 rings (SSSR count). The van der Waals surface area contributed by atoms with Gasteiger partial charge in [-0.25, -0.2) is 4.79 Å². The molecular weight excluding hydrogens is 268 g/mol. The number of carboxylic acids is 1. The van der Waals surface area contributed by atoms with E-state index in [9.17, 15) is 9.59 Å². The molecule has 0 aliphatic carbocycles. The highest BCUT2D eigenvalue weighted by Gasteiger charge is 2.28. The molecule has 21 heavy (non-hydrogen) atoms. The first-order chi connectivity index (χ1) is 10.1. The number of benzene rings is 1. The van der Waals surface area contributed by atoms with Gasteiger partial charge in [0.1, 0.15) is 0 Å². The molecule has 0 aromatic heterocycles. The molecule has 0 radical (unpaired) electrons. The molecular formula is C16H22N2O3. The van der Waals surface area contributed by atoms with Crippen molar-refractivity contribution >= 4 is 12.0 Å². The molecule has 1 aliphatic heterocycles. The third-order valence-corrected chi connectivity index (χ3v) is 3.99. The van der Waals surface area contributed by atoms with Crippen molar-refractivity contribution in [1.82, 2.24) is 10.2 Å². The first kappa shape index (κ1) is 15.4. The van der Waals surface area contributed by atoms with E-state index < -0.39 is 5.97 Å². The second-order valence-corrected chi connectivity index (χ2v) is 5.49. The van der Waals surface area contributed by atoms with E-state index in [1.807, 2.05) is 25.1 Å². The Hall–Kier alpha value is -2.04. The summed E-state index contributed by atoms with van der Waals surface area (Å²) in [5.41, 5.74) is 1.25. The van der Waals surface area contributed by atoms with Gasteiger partial charge in [0.25, 0.3) is 0 Å². The van der Waals surface area contributed by atoms with Crippen LogP contribution in [-0.4, -0.2) is 41.1 Å². The molecule has 0 spiro atoms. The number of aliphatic carboxylic acids is 1. The fraction of sp³-hybridized carbons (Fsp3) is 0.500. The summed E-state index contributed by atoms with van der Waals surface area (Å²) in [5.74, 6) is -0.512. The molecule has 0 bridgehead atoms. The van der Waals surface area contributed by atoms with Crippen molar-refractivity contribution in [3.63, 3.8) is 0 Å². The van der Waals surface area contributed by atoms with Crippen molar-refractivity contribution in [2.75, 3.05) is 13.1 Å². The molecule has 0 saturated carbocycles. The largest absolute Gasteiger partial charge is 0.481 e. The van der Waals surface area contributed by atoms with Gasteiger partial charge in [0, 0.05) is 25.0 Å². The van der Waals surface area contributed by atoms with E-state index in [1.165, 1.54) is 5.56 Å². The van der Waals surface area contributed by atoms with Crippen LogP contribution in [0.1, 0.15) is 37.7 Å². The number of amides is 2. The van der Waals surface area contributed by atoms with Crippen molar-refractivity contribution in [2.24, 2.45) is 0 Å². The summed E-state index contributed by atoms with van der Waals surface area (Å²) in [6.45, 7) is 3.29. The van der Waals surface area contributed by atoms with Gasteiger partial charge in [0.2, 0.25) is 0 Å². The predicted octanol–water partition coefficient (Wildman–Crippen LogP) is 2.44. The van der Waals surface area contributed by atoms with Gasteiger partial charge >= 0.3 is 12.0 Å². The average Bonchev–Trinajstić information content (AvgIpc) is 2.97. The van der Waals surface area contributed by atoms with Crippen LogP contribution in [0, 0.1) is 0 Å². The molecule has 2 N–H and O–H groups in total. The number of carbonyl (C=O) groups excluding carboxylic acids is 1. The second-order valence-electron chi connectivity index (χ2n) is 5.49. The van der Waals surface area contributed by atoms with Crippen LogP contribution in [0.3, 0.4) is 0 Å². The number of hydrogen-bond donors (Lipinski definition) is 2. The van der Waals surface area contributed by atoms with Crippen molar-refractivity contribution in [1.29, 1.82) is 0 Å². The van der Waals surface area contributed by atoms with Gasteiger partial charge < -0.3 is 15.3 Å². The monoisotopic (exact) mass is 290 g/mol. The smallest absolute Gasteiger partial charge is 0.317 e. The molecule has 1 fully saturated rings. The SMILES string of the molecule is CCC(CC(=O)O)NC(=O)N1CCC(c2ccccc2)C1. The Morgan fingerprint density at radius 2 is 2.10 bits per heavy atom. The fourth-order valence-corrected chi connectivity index (χ4v) is 2.72. The maximum absolute atomic E-state index is 12.2. The lowest BCUT2D eigenvalue weighted by Gasteiger charge is -2.21. The Kier molecular flexibility index (Phi) is 5.20. The Labute approximate surface area is 125 Å². The number of rotatable bonds is 5. The summed E-state index contributed by atoms with van der Waals surface area (Å²) in [5, 5.41) is 11.6. The third-order valence-electron chi connectivity index (χ3n) is 3.99. The molecule has 2 unspecified atom stereocenters. The minimum Gasteiger partial charge on any atom is -0.481 e. The number of hydrogen-bond acceptors (Lipinski definition) is 2. The molecule has 1 saturated heterocycles. The Balaban J connectivity index is 1.88. The van der Waals surface area contributed by atoms with Gasteiger partial charge in [-0.1, -0.05) is 37.3 Å². The molecule has 114 valence electrons. The van der Waals surface area contributed by atoms with Gasteiger partial charge in [-0.3, -0.25) is 4.79 Å². The average molecular weight is 290 g/mol. The molecule has 2 atom stereocenters. The minimum absolute atomic E-state index is 0.0296. The number of nitrogens with zero attached hydrogens (tertiary/aromatic N) is 1. The van der Waals surface area contributed by atoms with Crippen LogP contribution < -0.4 is 5.32 Å². The highest BCUT2D eigenvalue weighted by atomic mass is 16.4. The van der Waals surface area contributed by atoms with Gasteiger partial charge in [0.05, 0.1) is 6.42 Å². The van der Waals surface area contributed by atoms with Crippen LogP contribution in [0.15, 0.2) is 30.3 Å². The molecule has 2 amide bonds. The zero-order valence-corrected chi connectivity index (χ0v) is 12.3. The van der Waals surface area contributed by atoms with E-state index in [4.69, 9.17) is 5.11 Å². The van der Waals surface area contributed by atoms with Crippen LogP contribution in [0.5, 0.6) is 0 Å². The van der Waals surface area contributed by atoms with E-state index in [0.717, 1.165) is 13.0 Å². The summed E-state index contributed by atoms with van der Waals surface area (Å²) in [6, 6.07) is 9.74. The summed E-state index contributed by atoms with van der Waals surface area (Å²) < 4.78 is 0. The van der Waals surface area contributed by atoms with Crippen molar-refractivity contribution < 1.29 is 14.7 Å². The standard InChI is InChI=1S/C16H22N2O3/c1-2-14(10-15(19)20)17-16(21)18-9-8-13(11-18)12-6-4-3-5-7-12/h3-7,13-14H,2,8-11H2,1H3,(H,17,21)(H,19,20). The van der Waals surface area contributed by atoms with Crippen LogP contribution in [-0.2, 0) is 4.79 Å². The number of carboxylic acid groups (broad SMARTS) is 1. The predicted molar refractivity (Wildman–Crippen MR) is 80.2 cm³/mol. The molecule has 1 aliphatic rings. The van der Waals surface area contributed by atoms with Crippen LogP contribution in [0.2, 0.25) is 0 Å². The van der Waals surface area contributed by atoms with Gasteiger partial charge in [-0.2, -0.15) is 0 Å². The number of carbonyl (C=O) groups is 2. The summed E-state index contributed by atoms with van der Waals surface area (Å²) in [7, 11) is 0. The molecule has 1 aromatic rings. The molecule has 1 aromatic carbocycles. The maximum atomic E-state index is 12.2. The minimum atomic E-state index is -0.884. The first-order valence-corrected chi connectivity index (χ1v) is 7.42. The number of likely N-dealkylation sites (tertiary alicyclic amines) is 1. The maximum Gasteiger partial charge on any atom is 0.317 e. The second kappa shape index (κ2) is 7.11. The van der Waals surface area contributed by atoms with E-state index in [0.29, 0.717) is 18.9 Å². The number of urea groups is 1. The summed E-state index contributed by atoms with van der Waals surface area (Å²) in [6.07, 6.45) is 1.54. The van der Waals surface area contributed by atoms with E-state index in [1.54, 1.807) is 4.90 Å². The summed E-state index contributed by atoms with van der Waals surface area (Å²) in [4.78, 5) is 24.7. The van der Waals surface area contributed by atoms with Gasteiger partial charge in [0.15, 0.2) is 0 Å². The normalized spacial score (nSPS) is 19.3. The Bertz CT molecular complexity index is 490. The topological polar surface area (TPSA) is 69.6 Å². The first-order valence-electron chi connectivity index (χ1n) is 7.42. The zero-order valence-electron chi connectivity index (χ0n) is 12.3. The molecule has 5 nitrogen and oxygen atoms in total. The lowest BCUT2D eigenvalue weighted by Crippen LogP contribution is -2.44. The zero-order chi connectivity index (χ0) is 15.2. The van der Waals surface area contributed by atoms with Crippen LogP contribution >= 0.6 is 0 Å². The number of nitrogens with one attached hydrogen (secondary N) is 1. The van der Waals surface area contributed by atoms with Crippen LogP contribution in [0.4, 0.5) is 4.79 Å². The van der Waals surface area contributed by atoms with E-state index in [-0.39, 0.29) is 18.5 Å². The van der Waals surface area contributed by atoms with E-state index >= 15 is 0 Å². The van der Waals surface area contributed by atoms with Crippen LogP contribution in [0.25, 0.3) is 0 Å². The van der Waals surface area contributed by atoms with Crippen molar-refractivity contribution in [2.45, 2.75) is 38.1 Å². The van der Waals surface area contributed by atoms with Gasteiger partial charge in [-0.15, -0.1) is 0 Å². The fourth-order valence-electron chi connectivity index (χ4n) is 2.72. The lowest BCUT2D eigenvalue weighted by atomic mass is 9.99. The quantitative estimate of drug-likeness (QED) is 0.875. The van der Waals surface area contributed by atoms with E-state index in [2.05, 4.69) is 17.4 Å². The van der Waals surface area contributed by atoms with Crippen molar-refractivity contribution in [3.05, 3.63) is 35.9 Å². The molecule has 5 heteroatoms. The highest BCUT2D eigenvalue weighted by Crippen LogP contribution is 2.26. The van der Waals surface area contributed by atoms with Gasteiger partial charge in [-0.05, 0) is 18.4 Å². The summed E-state index contributed by atoms with van der Waals surface area (Å²) >= 11 is 0. The molecule has 1 heterocycles. The Morgan fingerprint density at radius 1 is 1.38 bits per heavy atom. The highest BCUT2D eigenvalue weighted by molar-refractivity contribution is 5.76.